The minimum atomic E-state index is 0.0914. The van der Waals surface area contributed by atoms with E-state index >= 15 is 0 Å². The molecule has 0 saturated heterocycles. The first kappa shape index (κ1) is 8.93. The number of H-pyrrole nitrogens is 1. The number of nitrogens with zero attached hydrogens (tertiary/aromatic N) is 2. The van der Waals surface area contributed by atoms with E-state index in [-0.39, 0.29) is 3.42 Å². The van der Waals surface area contributed by atoms with E-state index in [4.69, 9.17) is 0 Å². The fourth-order valence-corrected chi connectivity index (χ4v) is 1.77. The Hall–Kier alpha value is -0.650. The van der Waals surface area contributed by atoms with E-state index in [0.717, 1.165) is 10.9 Å². The third-order valence-electron chi connectivity index (χ3n) is 2.01. The Bertz CT molecular complexity index is 428. The highest BCUT2D eigenvalue weighted by molar-refractivity contribution is 14.1. The molecule has 1 N–H and O–H groups in total. The summed E-state index contributed by atoms with van der Waals surface area (Å²) in [6, 6.07) is 0. The number of nitrogens with one attached hydrogen (secondary N) is 1. The second-order valence-electron chi connectivity index (χ2n) is 3.49. The molecule has 4 heteroatoms. The van der Waals surface area contributed by atoms with Crippen molar-refractivity contribution in [1.82, 2.24) is 15.2 Å². The molecule has 2 aromatic rings. The number of fused-ring (bicyclic) bond motifs is 1. The van der Waals surface area contributed by atoms with Gasteiger partial charge in [0.25, 0.3) is 0 Å². The highest BCUT2D eigenvalue weighted by Crippen LogP contribution is 2.34. The average Bonchev–Trinajstić information content (AvgIpc) is 2.48. The van der Waals surface area contributed by atoms with Gasteiger partial charge in [0.15, 0.2) is 0 Å². The van der Waals surface area contributed by atoms with Gasteiger partial charge in [0.1, 0.15) is 0 Å². The van der Waals surface area contributed by atoms with E-state index in [1.54, 1.807) is 6.20 Å². The van der Waals surface area contributed by atoms with Crippen molar-refractivity contribution in [2.24, 2.45) is 0 Å². The van der Waals surface area contributed by atoms with Gasteiger partial charge in [-0.25, -0.2) is 0 Å². The van der Waals surface area contributed by atoms with Crippen molar-refractivity contribution >= 4 is 33.5 Å². The predicted molar refractivity (Wildman–Crippen MR) is 60.9 cm³/mol. The zero-order valence-electron chi connectivity index (χ0n) is 7.50. The van der Waals surface area contributed by atoms with Gasteiger partial charge >= 0.3 is 0 Å². The molecule has 0 saturated carbocycles. The van der Waals surface area contributed by atoms with E-state index in [1.807, 2.05) is 12.4 Å². The van der Waals surface area contributed by atoms with Gasteiger partial charge in [-0.15, -0.1) is 0 Å². The lowest BCUT2D eigenvalue weighted by Gasteiger charge is -2.16. The molecule has 0 aliphatic carbocycles. The van der Waals surface area contributed by atoms with E-state index in [9.17, 15) is 0 Å². The van der Waals surface area contributed by atoms with Crippen molar-refractivity contribution in [3.63, 3.8) is 0 Å². The number of aromatic amines is 1. The number of alkyl halides is 1. The van der Waals surface area contributed by atoms with Gasteiger partial charge in [0, 0.05) is 15.0 Å². The summed E-state index contributed by atoms with van der Waals surface area (Å²) in [6.07, 6.45) is 5.56. The van der Waals surface area contributed by atoms with Crippen LogP contribution in [0.1, 0.15) is 19.4 Å². The Balaban J connectivity index is 2.75. The van der Waals surface area contributed by atoms with Gasteiger partial charge < -0.3 is 0 Å². The molecule has 2 aromatic heterocycles. The SMILES string of the molecule is CC(C)(I)c1cncc2[nH]ncc12. The molecule has 0 aromatic carbocycles. The van der Waals surface area contributed by atoms with Crippen LogP contribution in [-0.4, -0.2) is 15.2 Å². The first-order valence-electron chi connectivity index (χ1n) is 4.05. The maximum absolute atomic E-state index is 4.18. The molecule has 3 nitrogen and oxygen atoms in total. The normalized spacial score (nSPS) is 12.2. The van der Waals surface area contributed by atoms with Crippen LogP contribution in [0.2, 0.25) is 0 Å². The minimum absolute atomic E-state index is 0.0914. The van der Waals surface area contributed by atoms with Gasteiger partial charge in [-0.1, -0.05) is 22.6 Å². The Morgan fingerprint density at radius 2 is 2.08 bits per heavy atom. The topological polar surface area (TPSA) is 41.6 Å². The molecule has 0 radical (unpaired) electrons. The maximum atomic E-state index is 4.18. The second kappa shape index (κ2) is 2.94. The summed E-state index contributed by atoms with van der Waals surface area (Å²) in [7, 11) is 0. The summed E-state index contributed by atoms with van der Waals surface area (Å²) in [5.74, 6) is 0. The van der Waals surface area contributed by atoms with Crippen LogP contribution in [0.3, 0.4) is 0 Å². The molecular weight excluding hydrogens is 277 g/mol. The predicted octanol–water partition coefficient (Wildman–Crippen LogP) is 2.63. The van der Waals surface area contributed by atoms with E-state index in [1.165, 1.54) is 5.56 Å². The number of rotatable bonds is 1. The summed E-state index contributed by atoms with van der Waals surface area (Å²) in [4.78, 5) is 4.18. The number of pyridine rings is 1. The lowest BCUT2D eigenvalue weighted by molar-refractivity contribution is 0.830. The van der Waals surface area contributed by atoms with Crippen LogP contribution in [0.4, 0.5) is 0 Å². The fraction of sp³-hybridized carbons (Fsp3) is 0.333. The second-order valence-corrected chi connectivity index (χ2v) is 6.19. The Morgan fingerprint density at radius 1 is 1.31 bits per heavy atom. The number of halogens is 1. The van der Waals surface area contributed by atoms with Crippen LogP contribution >= 0.6 is 22.6 Å². The summed E-state index contributed by atoms with van der Waals surface area (Å²) < 4.78 is 0.0914. The average molecular weight is 287 g/mol. The van der Waals surface area contributed by atoms with Gasteiger partial charge in [-0.2, -0.15) is 5.10 Å². The van der Waals surface area contributed by atoms with Crippen LogP contribution in [0.25, 0.3) is 10.9 Å². The standard InChI is InChI=1S/C9H10IN3/c1-9(2,10)7-4-11-5-8-6(7)3-12-13-8/h3-5H,1-2H3,(H,12,13). The third kappa shape index (κ3) is 1.54. The molecule has 0 bridgehead atoms. The van der Waals surface area contributed by atoms with Crippen molar-refractivity contribution in [2.75, 3.05) is 0 Å². The number of hydrogen-bond acceptors (Lipinski definition) is 2. The number of hydrogen-bond donors (Lipinski definition) is 1. The van der Waals surface area contributed by atoms with E-state index < -0.39 is 0 Å². The van der Waals surface area contributed by atoms with Gasteiger partial charge in [0.2, 0.25) is 0 Å². The lowest BCUT2D eigenvalue weighted by Crippen LogP contribution is -2.07. The maximum Gasteiger partial charge on any atom is 0.0836 e. The van der Waals surface area contributed by atoms with Crippen molar-refractivity contribution in [2.45, 2.75) is 17.3 Å². The van der Waals surface area contributed by atoms with Gasteiger partial charge in [0.05, 0.1) is 17.9 Å². The molecule has 0 fully saturated rings. The van der Waals surface area contributed by atoms with Crippen molar-refractivity contribution in [3.05, 3.63) is 24.2 Å². The molecule has 2 rings (SSSR count). The minimum Gasteiger partial charge on any atom is -0.276 e. The van der Waals surface area contributed by atoms with Crippen molar-refractivity contribution in [3.8, 4) is 0 Å². The fourth-order valence-electron chi connectivity index (χ4n) is 1.34. The number of aromatic nitrogens is 3. The van der Waals surface area contributed by atoms with E-state index in [0.29, 0.717) is 0 Å². The highest BCUT2D eigenvalue weighted by atomic mass is 127. The summed E-state index contributed by atoms with van der Waals surface area (Å²) in [5.41, 5.74) is 2.22. The Labute approximate surface area is 90.1 Å². The highest BCUT2D eigenvalue weighted by Gasteiger charge is 2.19. The monoisotopic (exact) mass is 287 g/mol. The molecule has 0 amide bonds. The summed E-state index contributed by atoms with van der Waals surface area (Å²) >= 11 is 2.41. The third-order valence-corrected chi connectivity index (χ3v) is 2.59. The van der Waals surface area contributed by atoms with Crippen LogP contribution in [0, 0.1) is 0 Å². The molecular formula is C9H10IN3. The van der Waals surface area contributed by atoms with Crippen LogP contribution in [-0.2, 0) is 3.42 Å². The zero-order chi connectivity index (χ0) is 9.47. The van der Waals surface area contributed by atoms with Gasteiger partial charge in [-0.3, -0.25) is 10.1 Å². The molecule has 0 aliphatic rings. The van der Waals surface area contributed by atoms with Crippen LogP contribution in [0.5, 0.6) is 0 Å². The first-order chi connectivity index (χ1) is 6.09. The Morgan fingerprint density at radius 3 is 2.77 bits per heavy atom. The molecule has 0 spiro atoms. The molecule has 0 aliphatic heterocycles. The van der Waals surface area contributed by atoms with Crippen LogP contribution in [0.15, 0.2) is 18.6 Å². The summed E-state index contributed by atoms with van der Waals surface area (Å²) in [6.45, 7) is 4.33. The molecule has 68 valence electrons. The lowest BCUT2D eigenvalue weighted by atomic mass is 10.0. The Kier molecular flexibility index (Phi) is 2.02. The molecule has 0 atom stereocenters. The largest absolute Gasteiger partial charge is 0.276 e. The van der Waals surface area contributed by atoms with Gasteiger partial charge in [-0.05, 0) is 19.4 Å². The smallest absolute Gasteiger partial charge is 0.0836 e. The molecule has 2 heterocycles. The summed E-state index contributed by atoms with van der Waals surface area (Å²) in [5, 5.41) is 8.08. The molecule has 13 heavy (non-hydrogen) atoms. The van der Waals surface area contributed by atoms with Crippen LogP contribution < -0.4 is 0 Å². The first-order valence-corrected chi connectivity index (χ1v) is 5.13. The van der Waals surface area contributed by atoms with Crippen molar-refractivity contribution in [1.29, 1.82) is 0 Å². The van der Waals surface area contributed by atoms with E-state index in [2.05, 4.69) is 51.6 Å². The van der Waals surface area contributed by atoms with Crippen molar-refractivity contribution < 1.29 is 0 Å². The quantitative estimate of drug-likeness (QED) is 0.647. The molecule has 0 unspecified atom stereocenters. The zero-order valence-corrected chi connectivity index (χ0v) is 9.66.